The number of nitrogens with one attached hydrogen (secondary N) is 3. The van der Waals surface area contributed by atoms with Crippen LogP contribution in [0.3, 0.4) is 0 Å². The summed E-state index contributed by atoms with van der Waals surface area (Å²) in [6.07, 6.45) is 8.26. The van der Waals surface area contributed by atoms with Crippen LogP contribution in [0.5, 0.6) is 0 Å². The Kier molecular flexibility index (Phi) is 5.88. The fourth-order valence-corrected chi connectivity index (χ4v) is 4.36. The SMILES string of the molecule is O=C(CCN1C(=O)[C@H]2CCCC[C@H]2C1=O)NNC(=S)NC1CCCC1. The van der Waals surface area contributed by atoms with Crippen molar-refractivity contribution in [3.8, 4) is 0 Å². The minimum absolute atomic E-state index is 0.0793. The zero-order valence-corrected chi connectivity index (χ0v) is 15.2. The van der Waals surface area contributed by atoms with E-state index in [-0.39, 0.29) is 42.5 Å². The summed E-state index contributed by atoms with van der Waals surface area (Å²) >= 11 is 5.15. The fraction of sp³-hybridized carbons (Fsp3) is 0.765. The molecule has 3 fully saturated rings. The van der Waals surface area contributed by atoms with Crippen LogP contribution in [0, 0.1) is 11.8 Å². The Labute approximate surface area is 153 Å². The van der Waals surface area contributed by atoms with Crippen LogP contribution in [0.15, 0.2) is 0 Å². The van der Waals surface area contributed by atoms with Gasteiger partial charge in [0.15, 0.2) is 5.11 Å². The zero-order chi connectivity index (χ0) is 17.8. The number of amides is 3. The number of thiocarbonyl (C=S) groups is 1. The highest BCUT2D eigenvalue weighted by atomic mass is 32.1. The van der Waals surface area contributed by atoms with E-state index in [0.717, 1.165) is 38.5 Å². The summed E-state index contributed by atoms with van der Waals surface area (Å²) in [5.41, 5.74) is 5.22. The molecule has 0 spiro atoms. The number of carbonyl (C=O) groups excluding carboxylic acids is 3. The molecule has 3 N–H and O–H groups in total. The van der Waals surface area contributed by atoms with Gasteiger partial charge in [0.2, 0.25) is 17.7 Å². The normalized spacial score (nSPS) is 26.5. The third-order valence-corrected chi connectivity index (χ3v) is 5.72. The maximum absolute atomic E-state index is 12.3. The Balaban J connectivity index is 1.39. The standard InChI is InChI=1S/C17H26N4O3S/c22-14(19-20-17(25)18-11-5-1-2-6-11)9-10-21-15(23)12-7-3-4-8-13(12)16(21)24/h11-13H,1-10H2,(H,19,22)(H2,18,20,25)/t12-,13+. The van der Waals surface area contributed by atoms with Crippen LogP contribution in [0.1, 0.15) is 57.8 Å². The molecule has 2 aliphatic carbocycles. The van der Waals surface area contributed by atoms with Crippen molar-refractivity contribution in [3.63, 3.8) is 0 Å². The van der Waals surface area contributed by atoms with Crippen molar-refractivity contribution < 1.29 is 14.4 Å². The maximum Gasteiger partial charge on any atom is 0.240 e. The number of nitrogens with zero attached hydrogens (tertiary/aromatic N) is 1. The number of hydrogen-bond donors (Lipinski definition) is 3. The van der Waals surface area contributed by atoms with Crippen molar-refractivity contribution in [3.05, 3.63) is 0 Å². The molecule has 0 bridgehead atoms. The second kappa shape index (κ2) is 8.12. The van der Waals surface area contributed by atoms with Crippen molar-refractivity contribution in [1.82, 2.24) is 21.1 Å². The topological polar surface area (TPSA) is 90.5 Å². The summed E-state index contributed by atoms with van der Waals surface area (Å²) < 4.78 is 0. The first-order valence-electron chi connectivity index (χ1n) is 9.27. The molecule has 0 aromatic rings. The summed E-state index contributed by atoms with van der Waals surface area (Å²) in [6, 6.07) is 0.375. The first-order chi connectivity index (χ1) is 12.1. The van der Waals surface area contributed by atoms with Gasteiger partial charge >= 0.3 is 0 Å². The number of carbonyl (C=O) groups is 3. The van der Waals surface area contributed by atoms with E-state index < -0.39 is 0 Å². The van der Waals surface area contributed by atoms with E-state index >= 15 is 0 Å². The van der Waals surface area contributed by atoms with E-state index in [1.807, 2.05) is 0 Å². The van der Waals surface area contributed by atoms with Gasteiger partial charge in [0, 0.05) is 19.0 Å². The van der Waals surface area contributed by atoms with E-state index in [2.05, 4.69) is 16.2 Å². The Morgan fingerprint density at radius 2 is 1.52 bits per heavy atom. The van der Waals surface area contributed by atoms with Crippen LogP contribution in [-0.4, -0.2) is 40.3 Å². The first-order valence-corrected chi connectivity index (χ1v) is 9.67. The second-order valence-corrected chi connectivity index (χ2v) is 7.61. The molecule has 1 aliphatic heterocycles. The smallest absolute Gasteiger partial charge is 0.240 e. The molecule has 1 heterocycles. The monoisotopic (exact) mass is 366 g/mol. The largest absolute Gasteiger partial charge is 0.359 e. The van der Waals surface area contributed by atoms with Crippen molar-refractivity contribution in [2.45, 2.75) is 63.8 Å². The van der Waals surface area contributed by atoms with E-state index in [1.54, 1.807) is 0 Å². The van der Waals surface area contributed by atoms with Gasteiger partial charge in [-0.25, -0.2) is 0 Å². The average molecular weight is 366 g/mol. The molecule has 8 heteroatoms. The molecule has 3 rings (SSSR count). The second-order valence-electron chi connectivity index (χ2n) is 7.20. The van der Waals surface area contributed by atoms with Crippen molar-refractivity contribution in [2.75, 3.05) is 6.54 Å². The van der Waals surface area contributed by atoms with E-state index in [9.17, 15) is 14.4 Å². The molecular formula is C17H26N4O3S. The molecule has 2 atom stereocenters. The van der Waals surface area contributed by atoms with Gasteiger partial charge in [0.25, 0.3) is 0 Å². The lowest BCUT2D eigenvalue weighted by Gasteiger charge is -2.19. The Morgan fingerprint density at radius 1 is 0.960 bits per heavy atom. The molecule has 2 saturated carbocycles. The number of imide groups is 1. The highest BCUT2D eigenvalue weighted by Gasteiger charge is 2.47. The summed E-state index contributed by atoms with van der Waals surface area (Å²) in [7, 11) is 0. The maximum atomic E-state index is 12.3. The molecule has 1 saturated heterocycles. The fourth-order valence-electron chi connectivity index (χ4n) is 4.15. The van der Waals surface area contributed by atoms with Gasteiger partial charge < -0.3 is 5.32 Å². The van der Waals surface area contributed by atoms with Gasteiger partial charge in [-0.05, 0) is 37.9 Å². The molecule has 0 aromatic heterocycles. The van der Waals surface area contributed by atoms with Gasteiger partial charge in [0.05, 0.1) is 11.8 Å². The molecule has 7 nitrogen and oxygen atoms in total. The highest BCUT2D eigenvalue weighted by Crippen LogP contribution is 2.37. The first kappa shape index (κ1) is 18.1. The van der Waals surface area contributed by atoms with Crippen LogP contribution in [0.25, 0.3) is 0 Å². The van der Waals surface area contributed by atoms with Crippen molar-refractivity contribution in [1.29, 1.82) is 0 Å². The molecule has 0 radical (unpaired) electrons. The minimum atomic E-state index is -0.286. The zero-order valence-electron chi connectivity index (χ0n) is 14.4. The number of hydrazine groups is 1. The van der Waals surface area contributed by atoms with E-state index in [0.29, 0.717) is 11.2 Å². The van der Waals surface area contributed by atoms with Crippen LogP contribution >= 0.6 is 12.2 Å². The van der Waals surface area contributed by atoms with Gasteiger partial charge in [-0.2, -0.15) is 0 Å². The van der Waals surface area contributed by atoms with Gasteiger partial charge in [0.1, 0.15) is 0 Å². The molecule has 0 unspecified atom stereocenters. The van der Waals surface area contributed by atoms with Crippen LogP contribution < -0.4 is 16.2 Å². The van der Waals surface area contributed by atoms with Crippen LogP contribution in [0.4, 0.5) is 0 Å². The van der Waals surface area contributed by atoms with Gasteiger partial charge in [-0.3, -0.25) is 30.1 Å². The third-order valence-electron chi connectivity index (χ3n) is 5.50. The Bertz CT molecular complexity index is 538. The Morgan fingerprint density at radius 3 is 2.12 bits per heavy atom. The predicted octanol–water partition coefficient (Wildman–Crippen LogP) is 0.990. The van der Waals surface area contributed by atoms with Crippen LogP contribution in [-0.2, 0) is 14.4 Å². The summed E-state index contributed by atoms with van der Waals surface area (Å²) in [6.45, 7) is 0.140. The summed E-state index contributed by atoms with van der Waals surface area (Å²) in [5.74, 6) is -0.815. The van der Waals surface area contributed by atoms with Crippen molar-refractivity contribution in [2.24, 2.45) is 11.8 Å². The van der Waals surface area contributed by atoms with E-state index in [4.69, 9.17) is 12.2 Å². The van der Waals surface area contributed by atoms with E-state index in [1.165, 1.54) is 17.7 Å². The minimum Gasteiger partial charge on any atom is -0.359 e. The molecule has 3 aliphatic rings. The van der Waals surface area contributed by atoms with Crippen LogP contribution in [0.2, 0.25) is 0 Å². The summed E-state index contributed by atoms with van der Waals surface area (Å²) in [5, 5.41) is 3.57. The lowest BCUT2D eigenvalue weighted by atomic mass is 9.81. The predicted molar refractivity (Wildman–Crippen MR) is 96.1 cm³/mol. The average Bonchev–Trinajstić information content (AvgIpc) is 3.20. The number of likely N-dealkylation sites (tertiary alicyclic amines) is 1. The lowest BCUT2D eigenvalue weighted by Crippen LogP contribution is -2.49. The van der Waals surface area contributed by atoms with Gasteiger partial charge in [-0.15, -0.1) is 0 Å². The molecule has 25 heavy (non-hydrogen) atoms. The summed E-state index contributed by atoms with van der Waals surface area (Å²) in [4.78, 5) is 37.9. The number of hydrogen-bond acceptors (Lipinski definition) is 4. The lowest BCUT2D eigenvalue weighted by molar-refractivity contribution is -0.140. The molecule has 0 aromatic carbocycles. The number of rotatable bonds is 4. The molecular weight excluding hydrogens is 340 g/mol. The van der Waals surface area contributed by atoms with Gasteiger partial charge in [-0.1, -0.05) is 25.7 Å². The molecule has 138 valence electrons. The molecule has 3 amide bonds. The highest BCUT2D eigenvalue weighted by molar-refractivity contribution is 7.80. The third kappa shape index (κ3) is 4.29. The number of fused-ring (bicyclic) bond motifs is 1. The quantitative estimate of drug-likeness (QED) is 0.391. The Hall–Kier alpha value is -1.70. The van der Waals surface area contributed by atoms with Crippen molar-refractivity contribution >= 4 is 35.1 Å².